The highest BCUT2D eigenvalue weighted by Gasteiger charge is 2.36. The lowest BCUT2D eigenvalue weighted by Crippen LogP contribution is -2.23. The number of carboxylic acid groups (broad SMARTS) is 1. The van der Waals surface area contributed by atoms with Gasteiger partial charge in [0.2, 0.25) is 0 Å². The van der Waals surface area contributed by atoms with Gasteiger partial charge in [0, 0.05) is 6.07 Å². The average Bonchev–Trinajstić information content (AvgIpc) is 2.70. The summed E-state index contributed by atoms with van der Waals surface area (Å²) >= 11 is 0. The van der Waals surface area contributed by atoms with Crippen LogP contribution < -0.4 is 0 Å². The maximum atomic E-state index is 10.7. The molecule has 0 amide bonds. The fourth-order valence-corrected chi connectivity index (χ4v) is 1.25. The Labute approximate surface area is 79.2 Å². The highest BCUT2D eigenvalue weighted by Crippen LogP contribution is 2.27. The Kier molecular flexibility index (Phi) is 1.95. The number of carboxylic acids is 1. The number of aliphatic carboxylic acids is 1. The summed E-state index contributed by atoms with van der Waals surface area (Å²) in [5.74, 6) is -0.662. The number of rotatable bonds is 2. The van der Waals surface area contributed by atoms with Crippen molar-refractivity contribution in [2.24, 2.45) is 4.99 Å². The summed E-state index contributed by atoms with van der Waals surface area (Å²) in [5, 5.41) is 12.4. The zero-order chi connectivity index (χ0) is 10.1. The summed E-state index contributed by atoms with van der Waals surface area (Å²) in [5.41, 5.74) is 0.680. The van der Waals surface area contributed by atoms with Crippen LogP contribution in [0.1, 0.15) is 17.6 Å². The van der Waals surface area contributed by atoms with E-state index in [4.69, 9.17) is 14.4 Å². The molecule has 0 bridgehead atoms. The number of aryl methyl sites for hydroxylation is 1. The molecule has 0 saturated carbocycles. The minimum absolute atomic E-state index is 0.382. The number of aliphatic imine (C=N–C) groups is 1. The number of aromatic nitrogens is 1. The van der Waals surface area contributed by atoms with E-state index in [-0.39, 0.29) is 0 Å². The third-order valence-electron chi connectivity index (χ3n) is 1.90. The normalized spacial score (nSPS) is 24.9. The van der Waals surface area contributed by atoms with Crippen molar-refractivity contribution in [1.82, 2.24) is 5.16 Å². The van der Waals surface area contributed by atoms with Gasteiger partial charge in [0.15, 0.2) is 24.3 Å². The van der Waals surface area contributed by atoms with E-state index in [1.165, 1.54) is 0 Å². The second-order valence-corrected chi connectivity index (χ2v) is 2.96. The zero-order valence-electron chi connectivity index (χ0n) is 7.38. The minimum atomic E-state index is -1.04. The molecule has 74 valence electrons. The van der Waals surface area contributed by atoms with E-state index in [2.05, 4.69) is 10.1 Å². The molecule has 0 saturated heterocycles. The molecule has 2 atom stereocenters. The Morgan fingerprint density at radius 2 is 2.43 bits per heavy atom. The van der Waals surface area contributed by atoms with E-state index in [0.29, 0.717) is 11.5 Å². The summed E-state index contributed by atoms with van der Waals surface area (Å²) in [6.07, 6.45) is 0.426. The Hall–Kier alpha value is -1.85. The first-order valence-electron chi connectivity index (χ1n) is 4.01. The monoisotopic (exact) mass is 196 g/mol. The maximum Gasteiger partial charge on any atom is 0.332 e. The summed E-state index contributed by atoms with van der Waals surface area (Å²) in [7, 11) is 0. The Balaban J connectivity index is 2.23. The first-order chi connectivity index (χ1) is 6.68. The number of nitrogens with zero attached hydrogens (tertiary/aromatic N) is 2. The maximum absolute atomic E-state index is 10.7. The van der Waals surface area contributed by atoms with Gasteiger partial charge in [0.05, 0.1) is 5.69 Å². The Morgan fingerprint density at radius 1 is 1.64 bits per heavy atom. The van der Waals surface area contributed by atoms with E-state index in [1.807, 2.05) is 0 Å². The lowest BCUT2D eigenvalue weighted by molar-refractivity contribution is -0.140. The standard InChI is InChI=1S/C8H8N2O4/c1-4-2-5(14-10-4)7-6(8(11)12)9-3-13-7/h2-3,6-7H,1H3,(H,11,12). The summed E-state index contributed by atoms with van der Waals surface area (Å²) in [6.45, 7) is 1.75. The van der Waals surface area contributed by atoms with Crippen molar-refractivity contribution in [2.75, 3.05) is 0 Å². The number of hydrogen-bond donors (Lipinski definition) is 1. The summed E-state index contributed by atoms with van der Waals surface area (Å²) in [6, 6.07) is 0.692. The van der Waals surface area contributed by atoms with E-state index >= 15 is 0 Å². The highest BCUT2D eigenvalue weighted by molar-refractivity contribution is 5.78. The van der Waals surface area contributed by atoms with Crippen molar-refractivity contribution < 1.29 is 19.2 Å². The third kappa shape index (κ3) is 1.34. The molecular formula is C8H8N2O4. The first-order valence-corrected chi connectivity index (χ1v) is 4.01. The molecule has 14 heavy (non-hydrogen) atoms. The molecule has 1 aromatic heterocycles. The largest absolute Gasteiger partial charge is 0.480 e. The van der Waals surface area contributed by atoms with E-state index in [9.17, 15) is 4.79 Å². The molecular weight excluding hydrogens is 188 g/mol. The van der Waals surface area contributed by atoms with Crippen LogP contribution in [0.4, 0.5) is 0 Å². The number of hydrogen-bond acceptors (Lipinski definition) is 5. The topological polar surface area (TPSA) is 84.9 Å². The van der Waals surface area contributed by atoms with Crippen LogP contribution in [-0.4, -0.2) is 28.7 Å². The van der Waals surface area contributed by atoms with Gasteiger partial charge in [-0.25, -0.2) is 9.79 Å². The molecule has 0 fully saturated rings. The fourth-order valence-electron chi connectivity index (χ4n) is 1.25. The van der Waals surface area contributed by atoms with Gasteiger partial charge >= 0.3 is 5.97 Å². The van der Waals surface area contributed by atoms with Crippen molar-refractivity contribution in [3.8, 4) is 0 Å². The van der Waals surface area contributed by atoms with Crippen molar-refractivity contribution in [1.29, 1.82) is 0 Å². The zero-order valence-corrected chi connectivity index (χ0v) is 7.38. The molecule has 0 aliphatic carbocycles. The van der Waals surface area contributed by atoms with E-state index in [0.717, 1.165) is 6.40 Å². The molecule has 6 nitrogen and oxygen atoms in total. The predicted octanol–water partition coefficient (Wildman–Crippen LogP) is 0.536. The van der Waals surface area contributed by atoms with Crippen molar-refractivity contribution in [3.63, 3.8) is 0 Å². The van der Waals surface area contributed by atoms with Gasteiger partial charge in [-0.2, -0.15) is 0 Å². The Morgan fingerprint density at radius 3 is 3.00 bits per heavy atom. The third-order valence-corrected chi connectivity index (χ3v) is 1.90. The molecule has 1 aromatic rings. The lowest BCUT2D eigenvalue weighted by atomic mass is 10.1. The van der Waals surface area contributed by atoms with Gasteiger partial charge < -0.3 is 14.4 Å². The van der Waals surface area contributed by atoms with Crippen LogP contribution in [0.2, 0.25) is 0 Å². The Bertz CT molecular complexity index is 384. The molecule has 2 heterocycles. The smallest absolute Gasteiger partial charge is 0.332 e. The van der Waals surface area contributed by atoms with E-state index in [1.54, 1.807) is 13.0 Å². The quantitative estimate of drug-likeness (QED) is 0.745. The summed E-state index contributed by atoms with van der Waals surface area (Å²) < 4.78 is 9.93. The van der Waals surface area contributed by atoms with Crippen LogP contribution in [0.3, 0.4) is 0 Å². The first kappa shape index (κ1) is 8.74. The molecule has 2 unspecified atom stereocenters. The predicted molar refractivity (Wildman–Crippen MR) is 45.0 cm³/mol. The van der Waals surface area contributed by atoms with Gasteiger partial charge in [-0.05, 0) is 6.92 Å². The van der Waals surface area contributed by atoms with Crippen LogP contribution in [0, 0.1) is 6.92 Å². The van der Waals surface area contributed by atoms with Crippen LogP contribution in [0.5, 0.6) is 0 Å². The number of carbonyl (C=O) groups is 1. The lowest BCUT2D eigenvalue weighted by Gasteiger charge is -2.09. The molecule has 0 spiro atoms. The van der Waals surface area contributed by atoms with Gasteiger partial charge in [-0.15, -0.1) is 0 Å². The van der Waals surface area contributed by atoms with Crippen molar-refractivity contribution in [2.45, 2.75) is 19.1 Å². The fraction of sp³-hybridized carbons (Fsp3) is 0.375. The van der Waals surface area contributed by atoms with Crippen molar-refractivity contribution in [3.05, 3.63) is 17.5 Å². The van der Waals surface area contributed by atoms with Crippen LogP contribution in [0.15, 0.2) is 15.6 Å². The second kappa shape index (κ2) is 3.13. The van der Waals surface area contributed by atoms with Crippen LogP contribution >= 0.6 is 0 Å². The molecule has 1 aliphatic heterocycles. The van der Waals surface area contributed by atoms with Crippen LogP contribution in [0.25, 0.3) is 0 Å². The van der Waals surface area contributed by atoms with Crippen molar-refractivity contribution >= 4 is 12.4 Å². The van der Waals surface area contributed by atoms with Gasteiger partial charge in [0.1, 0.15) is 0 Å². The van der Waals surface area contributed by atoms with Gasteiger partial charge in [0.25, 0.3) is 0 Å². The average molecular weight is 196 g/mol. The van der Waals surface area contributed by atoms with Gasteiger partial charge in [-0.1, -0.05) is 5.16 Å². The van der Waals surface area contributed by atoms with Gasteiger partial charge in [-0.3, -0.25) is 0 Å². The van der Waals surface area contributed by atoms with E-state index < -0.39 is 18.1 Å². The second-order valence-electron chi connectivity index (χ2n) is 2.96. The number of ether oxygens (including phenoxy) is 1. The molecule has 1 N–H and O–H groups in total. The molecule has 1 aliphatic rings. The summed E-state index contributed by atoms with van der Waals surface area (Å²) in [4.78, 5) is 14.4. The molecule has 2 rings (SSSR count). The van der Waals surface area contributed by atoms with Crippen LogP contribution in [-0.2, 0) is 9.53 Å². The SMILES string of the molecule is Cc1cc(C2OC=NC2C(=O)O)on1. The molecule has 0 aromatic carbocycles. The molecule has 0 radical (unpaired) electrons. The molecule has 6 heteroatoms. The minimum Gasteiger partial charge on any atom is -0.480 e. The highest BCUT2D eigenvalue weighted by atomic mass is 16.5.